The smallest absolute Gasteiger partial charge is 0.300 e. The zero-order valence-corrected chi connectivity index (χ0v) is 6.05. The summed E-state index contributed by atoms with van der Waals surface area (Å²) in [4.78, 5) is 17.2. The summed E-state index contributed by atoms with van der Waals surface area (Å²) >= 11 is 4.71. The van der Waals surface area contributed by atoms with Crippen molar-refractivity contribution in [2.45, 2.75) is 0 Å². The number of aromatic nitrogens is 2. The first-order chi connectivity index (χ1) is 5.27. The molecule has 11 heavy (non-hydrogen) atoms. The predicted molar refractivity (Wildman–Crippen MR) is 38.3 cm³/mol. The standard InChI is InChI=1S/C5H2N4OS/c10-4-2-1-6-5(11)7-3(2)8-9-4/h1H,(H,6,7,11). The van der Waals surface area contributed by atoms with Crippen molar-refractivity contribution in [2.24, 2.45) is 10.2 Å². The topological polar surface area (TPSA) is 70.5 Å². The number of carbonyl (C=O) groups is 1. The highest BCUT2D eigenvalue weighted by Gasteiger charge is 2.17. The van der Waals surface area contributed by atoms with E-state index in [9.17, 15) is 4.79 Å². The summed E-state index contributed by atoms with van der Waals surface area (Å²) < 4.78 is 0.303. The van der Waals surface area contributed by atoms with E-state index in [0.29, 0.717) is 16.2 Å². The number of amides is 1. The van der Waals surface area contributed by atoms with E-state index >= 15 is 0 Å². The molecule has 1 aromatic rings. The second kappa shape index (κ2) is 2.03. The van der Waals surface area contributed by atoms with Crippen LogP contribution < -0.4 is 0 Å². The van der Waals surface area contributed by atoms with E-state index < -0.39 is 0 Å². The molecule has 0 radical (unpaired) electrons. The van der Waals surface area contributed by atoms with Gasteiger partial charge in [-0.05, 0) is 12.2 Å². The number of carbonyl (C=O) groups excluding carboxylic acids is 1. The molecule has 0 fully saturated rings. The number of hydrogen-bond acceptors (Lipinski definition) is 4. The van der Waals surface area contributed by atoms with Crippen molar-refractivity contribution in [1.82, 2.24) is 9.97 Å². The Bertz CT molecular complexity index is 407. The number of fused-ring (bicyclic) bond motifs is 1. The molecule has 1 amide bonds. The number of azo groups is 1. The first-order valence-electron chi connectivity index (χ1n) is 2.83. The number of aromatic amines is 1. The van der Waals surface area contributed by atoms with Crippen LogP contribution in [0, 0.1) is 4.77 Å². The molecule has 1 aliphatic heterocycles. The third-order valence-electron chi connectivity index (χ3n) is 1.26. The molecule has 0 unspecified atom stereocenters. The van der Waals surface area contributed by atoms with E-state index in [1.54, 1.807) is 0 Å². The van der Waals surface area contributed by atoms with Gasteiger partial charge in [-0.2, -0.15) is 0 Å². The van der Waals surface area contributed by atoms with Crippen molar-refractivity contribution in [1.29, 1.82) is 0 Å². The average molecular weight is 166 g/mol. The van der Waals surface area contributed by atoms with Gasteiger partial charge in [-0.3, -0.25) is 4.79 Å². The van der Waals surface area contributed by atoms with Crippen LogP contribution in [0.3, 0.4) is 0 Å². The maximum Gasteiger partial charge on any atom is 0.300 e. The predicted octanol–water partition coefficient (Wildman–Crippen LogP) is 1.38. The molecular formula is C5H2N4OS. The zero-order valence-electron chi connectivity index (χ0n) is 5.24. The Balaban J connectivity index is 2.76. The Morgan fingerprint density at radius 2 is 2.27 bits per heavy atom. The lowest BCUT2D eigenvalue weighted by molar-refractivity contribution is 0.100. The van der Waals surface area contributed by atoms with Crippen molar-refractivity contribution >= 4 is 23.9 Å². The number of nitrogens with one attached hydrogen (secondary N) is 1. The normalized spacial score (nSPS) is 13.6. The van der Waals surface area contributed by atoms with Crippen molar-refractivity contribution < 1.29 is 4.79 Å². The second-order valence-corrected chi connectivity index (χ2v) is 2.34. The molecule has 6 heteroatoms. The largest absolute Gasteiger partial charge is 0.313 e. The molecule has 0 bridgehead atoms. The zero-order chi connectivity index (χ0) is 7.84. The summed E-state index contributed by atoms with van der Waals surface area (Å²) in [5.41, 5.74) is 0.374. The first kappa shape index (κ1) is 6.29. The van der Waals surface area contributed by atoms with Crippen LogP contribution in [0.4, 0.5) is 5.82 Å². The van der Waals surface area contributed by atoms with Gasteiger partial charge in [0, 0.05) is 6.20 Å². The molecular weight excluding hydrogens is 164 g/mol. The molecule has 5 nitrogen and oxygen atoms in total. The van der Waals surface area contributed by atoms with Crippen molar-refractivity contribution in [3.63, 3.8) is 0 Å². The van der Waals surface area contributed by atoms with Crippen LogP contribution in [0.1, 0.15) is 10.4 Å². The van der Waals surface area contributed by atoms with Crippen LogP contribution >= 0.6 is 12.2 Å². The Morgan fingerprint density at radius 1 is 1.45 bits per heavy atom. The summed E-state index contributed by atoms with van der Waals surface area (Å²) in [6, 6.07) is 0. The van der Waals surface area contributed by atoms with Crippen LogP contribution in [0.2, 0.25) is 0 Å². The van der Waals surface area contributed by atoms with Gasteiger partial charge < -0.3 is 4.98 Å². The maximum absolute atomic E-state index is 10.8. The fraction of sp³-hybridized carbons (Fsp3) is 0. The van der Waals surface area contributed by atoms with Gasteiger partial charge in [0.1, 0.15) is 5.56 Å². The monoisotopic (exact) mass is 166 g/mol. The van der Waals surface area contributed by atoms with Gasteiger partial charge in [0.2, 0.25) is 0 Å². The minimum atomic E-state index is -0.376. The third kappa shape index (κ3) is 0.874. The minimum Gasteiger partial charge on any atom is -0.313 e. The molecule has 1 aliphatic rings. The quantitative estimate of drug-likeness (QED) is 0.592. The maximum atomic E-state index is 10.8. The Kier molecular flexibility index (Phi) is 1.16. The van der Waals surface area contributed by atoms with E-state index in [0.717, 1.165) is 0 Å². The lowest BCUT2D eigenvalue weighted by Crippen LogP contribution is -1.91. The number of rotatable bonds is 0. The molecule has 0 saturated carbocycles. The average Bonchev–Trinajstić information content (AvgIpc) is 2.32. The van der Waals surface area contributed by atoms with Gasteiger partial charge in [0.15, 0.2) is 10.6 Å². The number of nitrogens with zero attached hydrogens (tertiary/aromatic N) is 3. The molecule has 54 valence electrons. The van der Waals surface area contributed by atoms with Crippen molar-refractivity contribution in [3.8, 4) is 0 Å². The molecule has 2 heterocycles. The summed E-state index contributed by atoms with van der Waals surface area (Å²) in [6.07, 6.45) is 1.37. The van der Waals surface area contributed by atoms with E-state index in [1.807, 2.05) is 0 Å². The Morgan fingerprint density at radius 3 is 3.09 bits per heavy atom. The van der Waals surface area contributed by atoms with E-state index in [4.69, 9.17) is 12.2 Å². The molecule has 0 aliphatic carbocycles. The highest BCUT2D eigenvalue weighted by molar-refractivity contribution is 7.71. The second-order valence-electron chi connectivity index (χ2n) is 1.96. The number of H-pyrrole nitrogens is 1. The fourth-order valence-electron chi connectivity index (χ4n) is 0.770. The van der Waals surface area contributed by atoms with Gasteiger partial charge in [-0.1, -0.05) is 0 Å². The fourth-order valence-corrected chi connectivity index (χ4v) is 0.919. The molecule has 0 saturated heterocycles. The van der Waals surface area contributed by atoms with Gasteiger partial charge in [0.25, 0.3) is 0 Å². The Labute approximate surface area is 66.2 Å². The van der Waals surface area contributed by atoms with Crippen LogP contribution in [0.25, 0.3) is 0 Å². The summed E-state index contributed by atoms with van der Waals surface area (Å²) in [6.45, 7) is 0. The molecule has 0 atom stereocenters. The van der Waals surface area contributed by atoms with Gasteiger partial charge >= 0.3 is 5.91 Å². The van der Waals surface area contributed by atoms with E-state index in [2.05, 4.69) is 20.2 Å². The molecule has 1 N–H and O–H groups in total. The SMILES string of the molecule is O=C1N=Nc2[nH]c(=S)ncc21. The molecule has 0 spiro atoms. The van der Waals surface area contributed by atoms with Crippen LogP contribution in [-0.4, -0.2) is 15.9 Å². The van der Waals surface area contributed by atoms with Crippen molar-refractivity contribution in [2.75, 3.05) is 0 Å². The summed E-state index contributed by atoms with van der Waals surface area (Å²) in [7, 11) is 0. The van der Waals surface area contributed by atoms with Gasteiger partial charge in [0.05, 0.1) is 0 Å². The summed E-state index contributed by atoms with van der Waals surface area (Å²) in [5, 5.41) is 6.87. The van der Waals surface area contributed by atoms with Crippen molar-refractivity contribution in [3.05, 3.63) is 16.5 Å². The van der Waals surface area contributed by atoms with Crippen LogP contribution in [0.15, 0.2) is 16.4 Å². The van der Waals surface area contributed by atoms with E-state index in [-0.39, 0.29) is 5.91 Å². The van der Waals surface area contributed by atoms with Crippen LogP contribution in [-0.2, 0) is 0 Å². The Hall–Kier alpha value is -1.43. The van der Waals surface area contributed by atoms with E-state index in [1.165, 1.54) is 6.20 Å². The highest BCUT2D eigenvalue weighted by atomic mass is 32.1. The van der Waals surface area contributed by atoms with Gasteiger partial charge in [-0.25, -0.2) is 4.98 Å². The lowest BCUT2D eigenvalue weighted by atomic mass is 10.3. The third-order valence-corrected chi connectivity index (χ3v) is 1.47. The molecule has 0 aromatic carbocycles. The highest BCUT2D eigenvalue weighted by Crippen LogP contribution is 2.21. The summed E-state index contributed by atoms with van der Waals surface area (Å²) in [5.74, 6) is 0.0220. The first-order valence-corrected chi connectivity index (χ1v) is 3.23. The number of hydrogen-bond donors (Lipinski definition) is 1. The molecule has 1 aromatic heterocycles. The van der Waals surface area contributed by atoms with Crippen LogP contribution in [0.5, 0.6) is 0 Å². The molecule has 2 rings (SSSR count). The lowest BCUT2D eigenvalue weighted by Gasteiger charge is -1.89. The minimum absolute atomic E-state index is 0.303. The van der Waals surface area contributed by atoms with Gasteiger partial charge in [-0.15, -0.1) is 10.2 Å².